The van der Waals surface area contributed by atoms with Crippen molar-refractivity contribution >= 4 is 28.4 Å². The van der Waals surface area contributed by atoms with Gasteiger partial charge in [0.2, 0.25) is 0 Å². The minimum atomic E-state index is -0.361. The molecular weight excluding hydrogens is 277 g/mol. The number of Topliss-reactive ketones (excluding diaryl/α,β-unsaturated/α-hetero) is 1. The quantitative estimate of drug-likeness (QED) is 0.861. The third kappa shape index (κ3) is 3.44. The maximum absolute atomic E-state index is 10.9. The maximum Gasteiger partial charge on any atom is 0.146 e. The van der Waals surface area contributed by atoms with Gasteiger partial charge in [-0.3, -0.25) is 4.79 Å². The summed E-state index contributed by atoms with van der Waals surface area (Å²) in [5.41, 5.74) is 6.75. The first-order chi connectivity index (χ1) is 6.09. The molecule has 2 N–H and O–H groups in total. The topological polar surface area (TPSA) is 43.1 Å². The van der Waals surface area contributed by atoms with Crippen molar-refractivity contribution < 1.29 is 4.79 Å². The van der Waals surface area contributed by atoms with E-state index in [2.05, 4.69) is 22.6 Å². The van der Waals surface area contributed by atoms with E-state index in [4.69, 9.17) is 5.73 Å². The summed E-state index contributed by atoms with van der Waals surface area (Å²) in [7, 11) is 0. The molecule has 1 aromatic carbocycles. The largest absolute Gasteiger partial charge is 0.321 e. The van der Waals surface area contributed by atoms with Crippen LogP contribution in [0.5, 0.6) is 0 Å². The van der Waals surface area contributed by atoms with Crippen LogP contribution in [-0.4, -0.2) is 11.8 Å². The number of carbonyl (C=O) groups is 1. The lowest BCUT2D eigenvalue weighted by molar-refractivity contribution is -0.118. The number of carbonyl (C=O) groups excluding carboxylic acids is 1. The SMILES string of the molecule is CC(=O)C(N)Cc1ccc(I)cc1. The Morgan fingerprint density at radius 3 is 2.46 bits per heavy atom. The van der Waals surface area contributed by atoms with E-state index in [1.54, 1.807) is 0 Å². The molecule has 1 unspecified atom stereocenters. The van der Waals surface area contributed by atoms with E-state index in [1.807, 2.05) is 24.3 Å². The number of hydrogen-bond acceptors (Lipinski definition) is 2. The maximum atomic E-state index is 10.9. The number of benzene rings is 1. The Balaban J connectivity index is 2.64. The van der Waals surface area contributed by atoms with Gasteiger partial charge in [0.25, 0.3) is 0 Å². The molecule has 3 heteroatoms. The van der Waals surface area contributed by atoms with Gasteiger partial charge in [0.05, 0.1) is 6.04 Å². The Morgan fingerprint density at radius 1 is 1.46 bits per heavy atom. The highest BCUT2D eigenvalue weighted by Crippen LogP contribution is 2.08. The Bertz CT molecular complexity index is 294. The lowest BCUT2D eigenvalue weighted by Crippen LogP contribution is -2.30. The molecule has 2 nitrogen and oxygen atoms in total. The van der Waals surface area contributed by atoms with Gasteiger partial charge in [-0.2, -0.15) is 0 Å². The van der Waals surface area contributed by atoms with Gasteiger partial charge in [-0.1, -0.05) is 12.1 Å². The molecule has 0 spiro atoms. The van der Waals surface area contributed by atoms with Crippen LogP contribution in [0.4, 0.5) is 0 Å². The summed E-state index contributed by atoms with van der Waals surface area (Å²) < 4.78 is 1.19. The molecule has 0 aliphatic carbocycles. The molecule has 0 saturated heterocycles. The second-order valence-corrected chi connectivity index (χ2v) is 4.29. The van der Waals surface area contributed by atoms with Gasteiger partial charge in [-0.15, -0.1) is 0 Å². The minimum Gasteiger partial charge on any atom is -0.321 e. The Morgan fingerprint density at radius 2 is 2.00 bits per heavy atom. The molecule has 0 saturated carbocycles. The summed E-state index contributed by atoms with van der Waals surface area (Å²) in [6.07, 6.45) is 0.631. The molecule has 0 bridgehead atoms. The fourth-order valence-electron chi connectivity index (χ4n) is 1.02. The second kappa shape index (κ2) is 4.72. The van der Waals surface area contributed by atoms with Crippen LogP contribution in [0.1, 0.15) is 12.5 Å². The first kappa shape index (κ1) is 10.7. The number of halogens is 1. The molecule has 0 aliphatic heterocycles. The standard InChI is InChI=1S/C10H12INO/c1-7(13)10(12)6-8-2-4-9(11)5-3-8/h2-5,10H,6,12H2,1H3. The van der Waals surface area contributed by atoms with Crippen LogP contribution >= 0.6 is 22.6 Å². The molecule has 0 aliphatic rings. The van der Waals surface area contributed by atoms with Crippen molar-refractivity contribution in [2.45, 2.75) is 19.4 Å². The van der Waals surface area contributed by atoms with Crippen LogP contribution in [0.2, 0.25) is 0 Å². The smallest absolute Gasteiger partial charge is 0.146 e. The van der Waals surface area contributed by atoms with E-state index in [9.17, 15) is 4.79 Å². The van der Waals surface area contributed by atoms with Crippen molar-refractivity contribution in [3.05, 3.63) is 33.4 Å². The summed E-state index contributed by atoms with van der Waals surface area (Å²) in [6, 6.07) is 7.68. The second-order valence-electron chi connectivity index (χ2n) is 3.05. The molecule has 0 amide bonds. The highest BCUT2D eigenvalue weighted by atomic mass is 127. The predicted molar refractivity (Wildman–Crippen MR) is 61.5 cm³/mol. The van der Waals surface area contributed by atoms with Crippen LogP contribution in [0.3, 0.4) is 0 Å². The van der Waals surface area contributed by atoms with E-state index < -0.39 is 0 Å². The molecule has 70 valence electrons. The molecule has 13 heavy (non-hydrogen) atoms. The van der Waals surface area contributed by atoms with Crippen molar-refractivity contribution in [3.8, 4) is 0 Å². The lowest BCUT2D eigenvalue weighted by Gasteiger charge is -2.07. The Hall–Kier alpha value is -0.420. The third-order valence-corrected chi connectivity index (χ3v) is 2.61. The van der Waals surface area contributed by atoms with E-state index in [1.165, 1.54) is 10.5 Å². The highest BCUT2D eigenvalue weighted by molar-refractivity contribution is 14.1. The summed E-state index contributed by atoms with van der Waals surface area (Å²) in [4.78, 5) is 10.9. The number of ketones is 1. The van der Waals surface area contributed by atoms with E-state index >= 15 is 0 Å². The summed E-state index contributed by atoms with van der Waals surface area (Å²) >= 11 is 2.25. The third-order valence-electron chi connectivity index (χ3n) is 1.89. The Labute approximate surface area is 91.7 Å². The van der Waals surface area contributed by atoms with Crippen LogP contribution < -0.4 is 5.73 Å². The zero-order valence-electron chi connectivity index (χ0n) is 7.46. The van der Waals surface area contributed by atoms with Crippen molar-refractivity contribution in [2.24, 2.45) is 5.73 Å². The minimum absolute atomic E-state index is 0.0403. The summed E-state index contributed by atoms with van der Waals surface area (Å²) in [5.74, 6) is 0.0403. The first-order valence-electron chi connectivity index (χ1n) is 4.10. The number of nitrogens with two attached hydrogens (primary N) is 1. The summed E-state index contributed by atoms with van der Waals surface area (Å²) in [5, 5.41) is 0. The Kier molecular flexibility index (Phi) is 3.87. The van der Waals surface area contributed by atoms with Gasteiger partial charge in [-0.25, -0.2) is 0 Å². The van der Waals surface area contributed by atoms with Crippen LogP contribution in [0.25, 0.3) is 0 Å². The van der Waals surface area contributed by atoms with Gasteiger partial charge in [0, 0.05) is 3.57 Å². The molecular formula is C10H12INO. The van der Waals surface area contributed by atoms with Gasteiger partial charge < -0.3 is 5.73 Å². The van der Waals surface area contributed by atoms with Gasteiger partial charge in [0.15, 0.2) is 0 Å². The van der Waals surface area contributed by atoms with Gasteiger partial charge in [0.1, 0.15) is 5.78 Å². The zero-order chi connectivity index (χ0) is 9.84. The van der Waals surface area contributed by atoms with Crippen LogP contribution in [0.15, 0.2) is 24.3 Å². The highest BCUT2D eigenvalue weighted by Gasteiger charge is 2.08. The zero-order valence-corrected chi connectivity index (χ0v) is 9.61. The predicted octanol–water partition coefficient (Wildman–Crippen LogP) is 1.75. The van der Waals surface area contributed by atoms with Crippen LogP contribution in [-0.2, 0) is 11.2 Å². The molecule has 0 fully saturated rings. The average Bonchev–Trinajstić information content (AvgIpc) is 2.08. The number of rotatable bonds is 3. The van der Waals surface area contributed by atoms with Crippen molar-refractivity contribution in [3.63, 3.8) is 0 Å². The van der Waals surface area contributed by atoms with E-state index in [-0.39, 0.29) is 11.8 Å². The van der Waals surface area contributed by atoms with E-state index in [0.717, 1.165) is 5.56 Å². The fraction of sp³-hybridized carbons (Fsp3) is 0.300. The molecule has 1 atom stereocenters. The first-order valence-corrected chi connectivity index (χ1v) is 5.18. The average molecular weight is 289 g/mol. The molecule has 1 rings (SSSR count). The van der Waals surface area contributed by atoms with Gasteiger partial charge in [-0.05, 0) is 53.6 Å². The molecule has 0 aromatic heterocycles. The molecule has 1 aromatic rings. The molecule has 0 radical (unpaired) electrons. The van der Waals surface area contributed by atoms with Crippen molar-refractivity contribution in [1.82, 2.24) is 0 Å². The fourth-order valence-corrected chi connectivity index (χ4v) is 1.38. The molecule has 0 heterocycles. The lowest BCUT2D eigenvalue weighted by atomic mass is 10.0. The number of hydrogen-bond donors (Lipinski definition) is 1. The normalized spacial score (nSPS) is 12.5. The van der Waals surface area contributed by atoms with Crippen LogP contribution in [0, 0.1) is 3.57 Å². The monoisotopic (exact) mass is 289 g/mol. The summed E-state index contributed by atoms with van der Waals surface area (Å²) in [6.45, 7) is 1.53. The van der Waals surface area contributed by atoms with Crippen molar-refractivity contribution in [2.75, 3.05) is 0 Å². The van der Waals surface area contributed by atoms with Crippen molar-refractivity contribution in [1.29, 1.82) is 0 Å². The van der Waals surface area contributed by atoms with E-state index in [0.29, 0.717) is 6.42 Å². The van der Waals surface area contributed by atoms with Gasteiger partial charge >= 0.3 is 0 Å².